The van der Waals surface area contributed by atoms with Crippen molar-refractivity contribution in [3.8, 4) is 11.8 Å². The van der Waals surface area contributed by atoms with Gasteiger partial charge in [0.05, 0.1) is 12.8 Å². The first-order valence-electron chi connectivity index (χ1n) is 7.40. The number of aryl methyl sites for hydroxylation is 1. The van der Waals surface area contributed by atoms with E-state index >= 15 is 0 Å². The first kappa shape index (κ1) is 16.5. The Morgan fingerprint density at radius 1 is 1.24 bits per heavy atom. The van der Waals surface area contributed by atoms with Crippen molar-refractivity contribution < 1.29 is 13.9 Å². The molecule has 3 rings (SSSR count). The van der Waals surface area contributed by atoms with Crippen LogP contribution in [0.2, 0.25) is 0 Å². The molecule has 0 radical (unpaired) electrons. The lowest BCUT2D eigenvalue weighted by molar-refractivity contribution is 0.273. The van der Waals surface area contributed by atoms with E-state index in [9.17, 15) is 4.39 Å². The van der Waals surface area contributed by atoms with Gasteiger partial charge in [-0.05, 0) is 24.3 Å². The topological polar surface area (TPSA) is 100 Å². The van der Waals surface area contributed by atoms with Gasteiger partial charge in [0.15, 0.2) is 11.6 Å². The summed E-state index contributed by atoms with van der Waals surface area (Å²) >= 11 is 0. The number of methoxy groups -OCH3 is 1. The van der Waals surface area contributed by atoms with Crippen LogP contribution in [0.25, 0.3) is 0 Å². The van der Waals surface area contributed by atoms with Gasteiger partial charge in [-0.1, -0.05) is 0 Å². The third kappa shape index (κ3) is 3.94. The van der Waals surface area contributed by atoms with Gasteiger partial charge in [-0.15, -0.1) is 0 Å². The molecule has 0 aliphatic carbocycles. The number of benzene rings is 1. The van der Waals surface area contributed by atoms with Crippen LogP contribution in [0, 0.1) is 5.82 Å². The zero-order chi connectivity index (χ0) is 17.8. The molecule has 0 bridgehead atoms. The average molecular weight is 344 g/mol. The first-order chi connectivity index (χ1) is 12.0. The Kier molecular flexibility index (Phi) is 4.64. The highest BCUT2D eigenvalue weighted by molar-refractivity contribution is 5.55. The Hall–Kier alpha value is -3.36. The minimum absolute atomic E-state index is 0.00614. The Labute approximate surface area is 143 Å². The number of nitrogens with zero attached hydrogens (tertiary/aromatic N) is 4. The monoisotopic (exact) mass is 344 g/mol. The van der Waals surface area contributed by atoms with Gasteiger partial charge in [0.1, 0.15) is 6.61 Å². The fraction of sp³-hybridized carbons (Fsp3) is 0.188. The van der Waals surface area contributed by atoms with E-state index in [1.807, 2.05) is 29.9 Å². The van der Waals surface area contributed by atoms with Gasteiger partial charge >= 0.3 is 6.01 Å². The van der Waals surface area contributed by atoms with Gasteiger partial charge in [-0.2, -0.15) is 15.0 Å². The summed E-state index contributed by atoms with van der Waals surface area (Å²) in [6.07, 6.45) is 1.91. The number of rotatable bonds is 6. The van der Waals surface area contributed by atoms with Crippen molar-refractivity contribution in [2.45, 2.75) is 6.61 Å². The standard InChI is InChI=1S/C16H17FN6O2/c1-23-7-3-4-11(23)9-25-16-21-14(18)20-15(22-16)19-10-5-6-13(24-2)12(17)8-10/h3-8H,9H2,1-2H3,(H3,18,19,20,21,22). The van der Waals surface area contributed by atoms with Gasteiger partial charge in [-0.25, -0.2) is 4.39 Å². The average Bonchev–Trinajstić information content (AvgIpc) is 2.98. The molecule has 0 fully saturated rings. The summed E-state index contributed by atoms with van der Waals surface area (Å²) < 4.78 is 26.1. The summed E-state index contributed by atoms with van der Waals surface area (Å²) in [5.41, 5.74) is 7.08. The summed E-state index contributed by atoms with van der Waals surface area (Å²) in [6, 6.07) is 8.30. The van der Waals surface area contributed by atoms with Crippen molar-refractivity contribution >= 4 is 17.6 Å². The van der Waals surface area contributed by atoms with Crippen LogP contribution < -0.4 is 20.5 Å². The fourth-order valence-corrected chi connectivity index (χ4v) is 2.15. The Morgan fingerprint density at radius 3 is 2.76 bits per heavy atom. The smallest absolute Gasteiger partial charge is 0.323 e. The second kappa shape index (κ2) is 7.04. The SMILES string of the molecule is COc1ccc(Nc2nc(N)nc(OCc3cccn3C)n2)cc1F. The minimum Gasteiger partial charge on any atom is -0.494 e. The molecule has 25 heavy (non-hydrogen) atoms. The van der Waals surface area contributed by atoms with Gasteiger partial charge in [-0.3, -0.25) is 0 Å². The van der Waals surface area contributed by atoms with Crippen LogP contribution in [-0.2, 0) is 13.7 Å². The Balaban J connectivity index is 1.75. The predicted molar refractivity (Wildman–Crippen MR) is 90.2 cm³/mol. The van der Waals surface area contributed by atoms with Gasteiger partial charge in [0, 0.05) is 25.0 Å². The predicted octanol–water partition coefficient (Wildman–Crippen LogP) is 2.26. The molecule has 0 unspecified atom stereocenters. The van der Waals surface area contributed by atoms with Gasteiger partial charge < -0.3 is 25.1 Å². The van der Waals surface area contributed by atoms with Crippen LogP contribution in [0.15, 0.2) is 36.5 Å². The molecule has 1 aromatic carbocycles. The minimum atomic E-state index is -0.505. The highest BCUT2D eigenvalue weighted by Crippen LogP contribution is 2.23. The molecule has 2 heterocycles. The van der Waals surface area contributed by atoms with Crippen molar-refractivity contribution in [2.75, 3.05) is 18.2 Å². The molecule has 0 saturated carbocycles. The summed E-state index contributed by atoms with van der Waals surface area (Å²) in [6.45, 7) is 0.281. The summed E-state index contributed by atoms with van der Waals surface area (Å²) in [5.74, 6) is -0.214. The van der Waals surface area contributed by atoms with Crippen molar-refractivity contribution in [2.24, 2.45) is 7.05 Å². The molecule has 0 saturated heterocycles. The first-order valence-corrected chi connectivity index (χ1v) is 7.40. The zero-order valence-electron chi connectivity index (χ0n) is 13.7. The molecule has 0 spiro atoms. The van der Waals surface area contributed by atoms with E-state index in [0.717, 1.165) is 5.69 Å². The molecule has 9 heteroatoms. The van der Waals surface area contributed by atoms with Gasteiger partial charge in [0.25, 0.3) is 0 Å². The molecule has 0 atom stereocenters. The number of nitrogens with two attached hydrogens (primary N) is 1. The third-order valence-corrected chi connectivity index (χ3v) is 3.44. The third-order valence-electron chi connectivity index (χ3n) is 3.44. The van der Waals surface area contributed by atoms with Crippen LogP contribution >= 0.6 is 0 Å². The molecule has 0 aliphatic heterocycles. The van der Waals surface area contributed by atoms with E-state index < -0.39 is 5.82 Å². The summed E-state index contributed by atoms with van der Waals surface area (Å²) in [5, 5.41) is 2.86. The van der Waals surface area contributed by atoms with Crippen LogP contribution in [0.4, 0.5) is 22.0 Å². The summed E-state index contributed by atoms with van der Waals surface area (Å²) in [7, 11) is 3.31. The number of ether oxygens (including phenoxy) is 2. The molecule has 0 aliphatic rings. The molecule has 130 valence electrons. The van der Waals surface area contributed by atoms with E-state index in [-0.39, 0.29) is 30.3 Å². The maximum Gasteiger partial charge on any atom is 0.323 e. The molecule has 3 aromatic rings. The lowest BCUT2D eigenvalue weighted by Gasteiger charge is -2.09. The second-order valence-corrected chi connectivity index (χ2v) is 5.17. The molecular weight excluding hydrogens is 327 g/mol. The number of hydrogen-bond donors (Lipinski definition) is 2. The maximum atomic E-state index is 13.8. The van der Waals surface area contributed by atoms with Crippen molar-refractivity contribution in [1.29, 1.82) is 0 Å². The lowest BCUT2D eigenvalue weighted by atomic mass is 10.3. The number of nitrogen functional groups attached to an aromatic ring is 1. The van der Waals surface area contributed by atoms with Crippen LogP contribution in [0.1, 0.15) is 5.69 Å². The Morgan fingerprint density at radius 2 is 2.08 bits per heavy atom. The van der Waals surface area contributed by atoms with Gasteiger partial charge in [0.2, 0.25) is 11.9 Å². The zero-order valence-corrected chi connectivity index (χ0v) is 13.7. The normalized spacial score (nSPS) is 10.5. The van der Waals surface area contributed by atoms with Crippen molar-refractivity contribution in [1.82, 2.24) is 19.5 Å². The number of aromatic nitrogens is 4. The Bertz CT molecular complexity index is 883. The number of halogens is 1. The van der Waals surface area contributed by atoms with Crippen molar-refractivity contribution in [3.05, 3.63) is 48.0 Å². The van der Waals surface area contributed by atoms with E-state index in [1.54, 1.807) is 6.07 Å². The molecule has 3 N–H and O–H groups in total. The molecule has 2 aromatic heterocycles. The molecular formula is C16H17FN6O2. The van der Waals surface area contributed by atoms with Crippen LogP contribution in [-0.4, -0.2) is 26.6 Å². The van der Waals surface area contributed by atoms with Crippen LogP contribution in [0.5, 0.6) is 11.8 Å². The number of anilines is 3. The highest BCUT2D eigenvalue weighted by Gasteiger charge is 2.09. The highest BCUT2D eigenvalue weighted by atomic mass is 19.1. The van der Waals surface area contributed by atoms with E-state index in [1.165, 1.54) is 19.2 Å². The lowest BCUT2D eigenvalue weighted by Crippen LogP contribution is -2.08. The largest absolute Gasteiger partial charge is 0.494 e. The fourth-order valence-electron chi connectivity index (χ4n) is 2.15. The van der Waals surface area contributed by atoms with E-state index in [2.05, 4.69) is 20.3 Å². The van der Waals surface area contributed by atoms with E-state index in [4.69, 9.17) is 15.2 Å². The number of nitrogens with one attached hydrogen (secondary N) is 1. The summed E-state index contributed by atoms with van der Waals surface area (Å²) in [4.78, 5) is 12.0. The number of hydrogen-bond acceptors (Lipinski definition) is 7. The van der Waals surface area contributed by atoms with E-state index in [0.29, 0.717) is 5.69 Å². The molecule has 0 amide bonds. The maximum absolute atomic E-state index is 13.8. The van der Waals surface area contributed by atoms with Crippen LogP contribution in [0.3, 0.4) is 0 Å². The quantitative estimate of drug-likeness (QED) is 0.707. The molecule has 8 nitrogen and oxygen atoms in total. The second-order valence-electron chi connectivity index (χ2n) is 5.17. The van der Waals surface area contributed by atoms with Crippen molar-refractivity contribution in [3.63, 3.8) is 0 Å².